The fraction of sp³-hybridized carbons (Fsp3) is 0.667. The van der Waals surface area contributed by atoms with Gasteiger partial charge in [-0.1, -0.05) is 38.4 Å². The summed E-state index contributed by atoms with van der Waals surface area (Å²) < 4.78 is 5.85. The highest BCUT2D eigenvalue weighted by Crippen LogP contribution is 2.51. The van der Waals surface area contributed by atoms with Gasteiger partial charge < -0.3 is 15.4 Å². The van der Waals surface area contributed by atoms with Crippen molar-refractivity contribution in [3.8, 4) is 0 Å². The molecule has 1 spiro atoms. The van der Waals surface area contributed by atoms with Crippen molar-refractivity contribution >= 4 is 17.3 Å². The van der Waals surface area contributed by atoms with E-state index in [4.69, 9.17) is 16.3 Å². The molecule has 122 valence electrons. The highest BCUT2D eigenvalue weighted by Gasteiger charge is 2.43. The number of benzene rings is 1. The molecule has 0 bridgehead atoms. The van der Waals surface area contributed by atoms with Crippen LogP contribution in [0.2, 0.25) is 5.02 Å². The molecule has 0 radical (unpaired) electrons. The van der Waals surface area contributed by atoms with Gasteiger partial charge in [0.05, 0.1) is 6.10 Å². The Balaban J connectivity index is 2.10. The maximum atomic E-state index is 6.63. The minimum Gasteiger partial charge on any atom is -0.384 e. The van der Waals surface area contributed by atoms with E-state index in [-0.39, 0.29) is 16.9 Å². The predicted molar refractivity (Wildman–Crippen MR) is 92.9 cm³/mol. The van der Waals surface area contributed by atoms with Gasteiger partial charge in [0.25, 0.3) is 0 Å². The quantitative estimate of drug-likeness (QED) is 0.859. The summed E-state index contributed by atoms with van der Waals surface area (Å²) in [5.41, 5.74) is 4.01. The molecule has 1 aromatic rings. The summed E-state index contributed by atoms with van der Waals surface area (Å²) in [6.45, 7) is 9.77. The number of hydrogen-bond donors (Lipinski definition) is 2. The number of hydrogen-bond acceptors (Lipinski definition) is 3. The van der Waals surface area contributed by atoms with Gasteiger partial charge in [-0.05, 0) is 37.4 Å². The van der Waals surface area contributed by atoms with Crippen LogP contribution in [0.3, 0.4) is 0 Å². The van der Waals surface area contributed by atoms with E-state index in [1.807, 2.05) is 0 Å². The number of anilines is 1. The van der Waals surface area contributed by atoms with Crippen molar-refractivity contribution in [2.75, 3.05) is 32.1 Å². The summed E-state index contributed by atoms with van der Waals surface area (Å²) in [4.78, 5) is 0. The third kappa shape index (κ3) is 2.53. The van der Waals surface area contributed by atoms with Crippen molar-refractivity contribution < 1.29 is 4.74 Å². The molecule has 2 aliphatic heterocycles. The second kappa shape index (κ2) is 5.70. The molecule has 3 nitrogen and oxygen atoms in total. The van der Waals surface area contributed by atoms with E-state index in [1.165, 1.54) is 16.8 Å². The van der Waals surface area contributed by atoms with Gasteiger partial charge in [-0.2, -0.15) is 0 Å². The SMILES string of the molecule is COC(c1ccc(Cl)c2c1NCC21CCNCC1)C(C)(C)C. The molecule has 0 amide bonds. The monoisotopic (exact) mass is 322 g/mol. The Morgan fingerprint density at radius 2 is 1.91 bits per heavy atom. The third-order valence-corrected chi connectivity index (χ3v) is 5.50. The van der Waals surface area contributed by atoms with Crippen LogP contribution >= 0.6 is 11.6 Å². The lowest BCUT2D eigenvalue weighted by Gasteiger charge is -2.35. The summed E-state index contributed by atoms with van der Waals surface area (Å²) >= 11 is 6.63. The molecule has 3 rings (SSSR count). The van der Waals surface area contributed by atoms with Crippen LogP contribution in [-0.4, -0.2) is 26.7 Å². The van der Waals surface area contributed by atoms with E-state index in [1.54, 1.807) is 7.11 Å². The van der Waals surface area contributed by atoms with Crippen LogP contribution in [0.25, 0.3) is 0 Å². The normalized spacial score (nSPS) is 21.5. The zero-order valence-electron chi connectivity index (χ0n) is 14.1. The van der Waals surface area contributed by atoms with Gasteiger partial charge in [0.15, 0.2) is 0 Å². The smallest absolute Gasteiger partial charge is 0.0889 e. The zero-order valence-corrected chi connectivity index (χ0v) is 14.8. The van der Waals surface area contributed by atoms with Gasteiger partial charge in [-0.3, -0.25) is 0 Å². The van der Waals surface area contributed by atoms with Crippen LogP contribution in [0.5, 0.6) is 0 Å². The van der Waals surface area contributed by atoms with E-state index in [0.717, 1.165) is 37.5 Å². The molecule has 0 aromatic heterocycles. The molecule has 1 fully saturated rings. The lowest BCUT2D eigenvalue weighted by molar-refractivity contribution is 0.0157. The number of methoxy groups -OCH3 is 1. The zero-order chi connectivity index (χ0) is 16.0. The van der Waals surface area contributed by atoms with Gasteiger partial charge in [0, 0.05) is 40.9 Å². The van der Waals surface area contributed by atoms with E-state index in [0.29, 0.717) is 0 Å². The molecule has 1 unspecified atom stereocenters. The van der Waals surface area contributed by atoms with E-state index in [9.17, 15) is 0 Å². The van der Waals surface area contributed by atoms with Gasteiger partial charge in [0.1, 0.15) is 0 Å². The maximum Gasteiger partial charge on any atom is 0.0889 e. The number of ether oxygens (including phenoxy) is 1. The Kier molecular flexibility index (Phi) is 4.17. The van der Waals surface area contributed by atoms with Crippen molar-refractivity contribution in [2.24, 2.45) is 5.41 Å². The Hall–Kier alpha value is -0.770. The Morgan fingerprint density at radius 3 is 2.50 bits per heavy atom. The average Bonchev–Trinajstić information content (AvgIpc) is 2.82. The molecule has 1 atom stereocenters. The lowest BCUT2D eigenvalue weighted by Crippen LogP contribution is -2.41. The highest BCUT2D eigenvalue weighted by atomic mass is 35.5. The lowest BCUT2D eigenvalue weighted by atomic mass is 9.73. The fourth-order valence-electron chi connectivity index (χ4n) is 4.15. The van der Waals surface area contributed by atoms with Crippen molar-refractivity contribution in [3.63, 3.8) is 0 Å². The van der Waals surface area contributed by atoms with Crippen LogP contribution in [-0.2, 0) is 10.2 Å². The summed E-state index contributed by atoms with van der Waals surface area (Å²) in [6, 6.07) is 4.19. The summed E-state index contributed by atoms with van der Waals surface area (Å²) in [6.07, 6.45) is 2.34. The van der Waals surface area contributed by atoms with Crippen LogP contribution in [0.1, 0.15) is 50.8 Å². The topological polar surface area (TPSA) is 33.3 Å². The second-order valence-electron chi connectivity index (χ2n) is 7.75. The van der Waals surface area contributed by atoms with Gasteiger partial charge in [0.2, 0.25) is 0 Å². The molecular formula is C18H27ClN2O. The second-order valence-corrected chi connectivity index (χ2v) is 8.16. The minimum atomic E-state index is 0.0436. The first kappa shape index (κ1) is 16.1. The number of piperidine rings is 1. The molecular weight excluding hydrogens is 296 g/mol. The molecule has 0 aliphatic carbocycles. The number of nitrogens with one attached hydrogen (secondary N) is 2. The van der Waals surface area contributed by atoms with Crippen molar-refractivity contribution in [3.05, 3.63) is 28.3 Å². The van der Waals surface area contributed by atoms with Gasteiger partial charge in [-0.25, -0.2) is 0 Å². The first-order valence-corrected chi connectivity index (χ1v) is 8.57. The molecule has 2 N–H and O–H groups in total. The van der Waals surface area contributed by atoms with Crippen LogP contribution in [0.4, 0.5) is 5.69 Å². The first-order valence-electron chi connectivity index (χ1n) is 8.19. The van der Waals surface area contributed by atoms with Crippen molar-refractivity contribution in [1.29, 1.82) is 0 Å². The number of halogens is 1. The Bertz CT molecular complexity index is 559. The summed E-state index contributed by atoms with van der Waals surface area (Å²) in [5.74, 6) is 0. The molecule has 1 saturated heterocycles. The molecule has 4 heteroatoms. The van der Waals surface area contributed by atoms with E-state index >= 15 is 0 Å². The number of fused-ring (bicyclic) bond motifs is 2. The average molecular weight is 323 g/mol. The Labute approximate surface area is 138 Å². The largest absolute Gasteiger partial charge is 0.384 e. The molecule has 0 saturated carbocycles. The summed E-state index contributed by atoms with van der Waals surface area (Å²) in [5, 5.41) is 8.03. The molecule has 2 aliphatic rings. The van der Waals surface area contributed by atoms with Crippen molar-refractivity contribution in [2.45, 2.75) is 45.1 Å². The van der Waals surface area contributed by atoms with Crippen LogP contribution < -0.4 is 10.6 Å². The maximum absolute atomic E-state index is 6.63. The first-order chi connectivity index (χ1) is 10.4. The standard InChI is InChI=1S/C18H27ClN2O/c1-17(2,3)16(22-4)12-5-6-13(19)14-15(12)21-11-18(14)7-9-20-10-8-18/h5-6,16,20-21H,7-11H2,1-4H3. The highest BCUT2D eigenvalue weighted by molar-refractivity contribution is 6.32. The molecule has 22 heavy (non-hydrogen) atoms. The fourth-order valence-corrected chi connectivity index (χ4v) is 4.50. The predicted octanol–water partition coefficient (Wildman–Crippen LogP) is 4.12. The Morgan fingerprint density at radius 1 is 1.23 bits per heavy atom. The van der Waals surface area contributed by atoms with Crippen LogP contribution in [0.15, 0.2) is 12.1 Å². The third-order valence-electron chi connectivity index (χ3n) is 5.19. The van der Waals surface area contributed by atoms with E-state index < -0.39 is 0 Å². The molecule has 2 heterocycles. The summed E-state index contributed by atoms with van der Waals surface area (Å²) in [7, 11) is 1.80. The molecule has 1 aromatic carbocycles. The van der Waals surface area contributed by atoms with Crippen molar-refractivity contribution in [1.82, 2.24) is 5.32 Å². The minimum absolute atomic E-state index is 0.0436. The van der Waals surface area contributed by atoms with Crippen LogP contribution in [0, 0.1) is 5.41 Å². The van der Waals surface area contributed by atoms with Gasteiger partial charge in [-0.15, -0.1) is 0 Å². The van der Waals surface area contributed by atoms with Gasteiger partial charge >= 0.3 is 0 Å². The number of rotatable bonds is 2. The van der Waals surface area contributed by atoms with E-state index in [2.05, 4.69) is 43.5 Å².